The number of aromatic nitrogens is 1. The van der Waals surface area contributed by atoms with Crippen molar-refractivity contribution in [3.63, 3.8) is 0 Å². The van der Waals surface area contributed by atoms with Crippen LogP contribution in [0.3, 0.4) is 0 Å². The molecule has 1 aliphatic heterocycles. The van der Waals surface area contributed by atoms with Crippen LogP contribution in [0.1, 0.15) is 30.7 Å². The molecule has 142 valence electrons. The van der Waals surface area contributed by atoms with Crippen LogP contribution < -0.4 is 4.90 Å². The molecule has 0 unspecified atom stereocenters. The van der Waals surface area contributed by atoms with Crippen molar-refractivity contribution in [1.82, 2.24) is 9.88 Å². The monoisotopic (exact) mass is 370 g/mol. The number of nitriles is 1. The molecule has 0 bridgehead atoms. The molecule has 4 nitrogen and oxygen atoms in total. The van der Waals surface area contributed by atoms with Gasteiger partial charge in [0.1, 0.15) is 23.3 Å². The maximum atomic E-state index is 14.4. The molecule has 3 rings (SSSR count). The normalized spacial score (nSPS) is 15.2. The van der Waals surface area contributed by atoms with Crippen molar-refractivity contribution >= 4 is 5.69 Å². The van der Waals surface area contributed by atoms with E-state index in [2.05, 4.69) is 28.6 Å². The van der Waals surface area contributed by atoms with Crippen LogP contribution in [-0.2, 0) is 13.0 Å². The molecule has 27 heavy (non-hydrogen) atoms. The van der Waals surface area contributed by atoms with E-state index in [0.717, 1.165) is 30.8 Å². The molecule has 0 radical (unpaired) electrons. The average molecular weight is 370 g/mol. The van der Waals surface area contributed by atoms with Gasteiger partial charge in [-0.25, -0.2) is 8.78 Å². The summed E-state index contributed by atoms with van der Waals surface area (Å²) in [6.07, 6.45) is 2.01. The largest absolute Gasteiger partial charge is 0.368 e. The number of hydrogen-bond acceptors (Lipinski definition) is 4. The van der Waals surface area contributed by atoms with Crippen LogP contribution in [0, 0.1) is 28.9 Å². The number of anilines is 1. The van der Waals surface area contributed by atoms with Crippen molar-refractivity contribution in [3.05, 3.63) is 58.9 Å². The Balaban J connectivity index is 1.70. The second-order valence-corrected chi connectivity index (χ2v) is 7.41. The summed E-state index contributed by atoms with van der Waals surface area (Å²) >= 11 is 0. The van der Waals surface area contributed by atoms with Crippen molar-refractivity contribution in [2.75, 3.05) is 31.1 Å². The number of pyridine rings is 1. The molecule has 1 aromatic heterocycles. The summed E-state index contributed by atoms with van der Waals surface area (Å²) < 4.78 is 27.4. The van der Waals surface area contributed by atoms with Crippen LogP contribution in [0.25, 0.3) is 0 Å². The van der Waals surface area contributed by atoms with Gasteiger partial charge in [0.15, 0.2) is 0 Å². The van der Waals surface area contributed by atoms with Gasteiger partial charge >= 0.3 is 0 Å². The van der Waals surface area contributed by atoms with Crippen molar-refractivity contribution in [2.45, 2.75) is 26.8 Å². The average Bonchev–Trinajstić information content (AvgIpc) is 2.63. The van der Waals surface area contributed by atoms with E-state index in [1.807, 2.05) is 12.1 Å². The zero-order valence-corrected chi connectivity index (χ0v) is 15.8. The standard InChI is InChI=1S/C21H24F2N4/c1-15(2)9-16-10-20(23)19(12-24)21(11-16)27-7-5-26(6-8-27)14-18-4-3-17(22)13-25-18/h3-4,10-11,13,15H,5-9,14H2,1-2H3. The smallest absolute Gasteiger partial charge is 0.143 e. The Morgan fingerprint density at radius 1 is 1.15 bits per heavy atom. The Morgan fingerprint density at radius 3 is 2.48 bits per heavy atom. The number of halogens is 2. The summed E-state index contributed by atoms with van der Waals surface area (Å²) in [5, 5.41) is 9.41. The van der Waals surface area contributed by atoms with E-state index in [1.165, 1.54) is 18.3 Å². The molecule has 0 saturated carbocycles. The first-order valence-corrected chi connectivity index (χ1v) is 9.26. The number of nitrogens with zero attached hydrogens (tertiary/aromatic N) is 4. The SMILES string of the molecule is CC(C)Cc1cc(F)c(C#N)c(N2CCN(Cc3ccc(F)cn3)CC2)c1. The minimum Gasteiger partial charge on any atom is -0.368 e. The summed E-state index contributed by atoms with van der Waals surface area (Å²) in [5.74, 6) is -0.357. The Hall–Kier alpha value is -2.52. The fourth-order valence-corrected chi connectivity index (χ4v) is 3.47. The maximum absolute atomic E-state index is 14.4. The van der Waals surface area contributed by atoms with E-state index >= 15 is 0 Å². The van der Waals surface area contributed by atoms with Gasteiger partial charge in [0.2, 0.25) is 0 Å². The number of piperazine rings is 1. The van der Waals surface area contributed by atoms with Crippen molar-refractivity contribution in [2.24, 2.45) is 5.92 Å². The van der Waals surface area contributed by atoms with Crippen LogP contribution in [0.15, 0.2) is 30.5 Å². The molecule has 1 fully saturated rings. The highest BCUT2D eigenvalue weighted by Crippen LogP contribution is 2.27. The third-order valence-electron chi connectivity index (χ3n) is 4.77. The zero-order valence-electron chi connectivity index (χ0n) is 15.8. The molecule has 2 aromatic rings. The maximum Gasteiger partial charge on any atom is 0.143 e. The Kier molecular flexibility index (Phi) is 6.02. The third kappa shape index (κ3) is 4.81. The first-order valence-electron chi connectivity index (χ1n) is 9.26. The lowest BCUT2D eigenvalue weighted by Gasteiger charge is -2.36. The van der Waals surface area contributed by atoms with E-state index < -0.39 is 5.82 Å². The molecule has 0 N–H and O–H groups in total. The highest BCUT2D eigenvalue weighted by atomic mass is 19.1. The minimum absolute atomic E-state index is 0.121. The fourth-order valence-electron chi connectivity index (χ4n) is 3.47. The summed E-state index contributed by atoms with van der Waals surface area (Å²) in [7, 11) is 0. The lowest BCUT2D eigenvalue weighted by Crippen LogP contribution is -2.46. The highest BCUT2D eigenvalue weighted by molar-refractivity contribution is 5.61. The van der Waals surface area contributed by atoms with Crippen molar-refractivity contribution in [1.29, 1.82) is 5.26 Å². The molecule has 6 heteroatoms. The first kappa shape index (κ1) is 19.2. The Bertz CT molecular complexity index is 819. The molecule has 0 spiro atoms. The van der Waals surface area contributed by atoms with Gasteiger partial charge in [-0.3, -0.25) is 9.88 Å². The third-order valence-corrected chi connectivity index (χ3v) is 4.77. The molecule has 0 amide bonds. The van der Waals surface area contributed by atoms with E-state index in [1.54, 1.807) is 6.07 Å². The van der Waals surface area contributed by atoms with Crippen LogP contribution >= 0.6 is 0 Å². The lowest BCUT2D eigenvalue weighted by molar-refractivity contribution is 0.247. The van der Waals surface area contributed by atoms with Crippen LogP contribution in [0.5, 0.6) is 0 Å². The second kappa shape index (κ2) is 8.45. The molecule has 2 heterocycles. The van der Waals surface area contributed by atoms with Gasteiger partial charge in [-0.15, -0.1) is 0 Å². The Morgan fingerprint density at radius 2 is 1.89 bits per heavy atom. The van der Waals surface area contributed by atoms with E-state index in [9.17, 15) is 14.0 Å². The molecular formula is C21H24F2N4. The summed E-state index contributed by atoms with van der Waals surface area (Å²) in [6, 6.07) is 8.58. The lowest BCUT2D eigenvalue weighted by atomic mass is 9.99. The van der Waals surface area contributed by atoms with E-state index in [-0.39, 0.29) is 11.4 Å². The Labute approximate surface area is 159 Å². The van der Waals surface area contributed by atoms with Crippen molar-refractivity contribution in [3.8, 4) is 6.07 Å². The van der Waals surface area contributed by atoms with E-state index in [0.29, 0.717) is 31.2 Å². The topological polar surface area (TPSA) is 43.2 Å². The molecule has 0 atom stereocenters. The van der Waals surface area contributed by atoms with Crippen molar-refractivity contribution < 1.29 is 8.78 Å². The summed E-state index contributed by atoms with van der Waals surface area (Å²) in [5.41, 5.74) is 2.56. The van der Waals surface area contributed by atoms with Gasteiger partial charge in [0.05, 0.1) is 17.6 Å². The zero-order chi connectivity index (χ0) is 19.4. The first-order chi connectivity index (χ1) is 13.0. The fraction of sp³-hybridized carbons (Fsp3) is 0.429. The number of benzene rings is 1. The van der Waals surface area contributed by atoms with Crippen LogP contribution in [0.2, 0.25) is 0 Å². The van der Waals surface area contributed by atoms with Gasteiger partial charge in [-0.2, -0.15) is 5.26 Å². The van der Waals surface area contributed by atoms with Crippen LogP contribution in [0.4, 0.5) is 14.5 Å². The highest BCUT2D eigenvalue weighted by Gasteiger charge is 2.22. The van der Waals surface area contributed by atoms with Gasteiger partial charge in [0, 0.05) is 32.7 Å². The second-order valence-electron chi connectivity index (χ2n) is 7.41. The summed E-state index contributed by atoms with van der Waals surface area (Å²) in [4.78, 5) is 8.42. The van der Waals surface area contributed by atoms with E-state index in [4.69, 9.17) is 0 Å². The predicted molar refractivity (Wildman–Crippen MR) is 101 cm³/mol. The molecule has 1 aliphatic rings. The van der Waals surface area contributed by atoms with Gasteiger partial charge < -0.3 is 4.90 Å². The molecule has 1 aromatic carbocycles. The van der Waals surface area contributed by atoms with Gasteiger partial charge in [0.25, 0.3) is 0 Å². The summed E-state index contributed by atoms with van der Waals surface area (Å²) in [6.45, 7) is 7.82. The minimum atomic E-state index is -0.441. The number of hydrogen-bond donors (Lipinski definition) is 0. The van der Waals surface area contributed by atoms with Gasteiger partial charge in [-0.1, -0.05) is 13.8 Å². The number of rotatable bonds is 5. The van der Waals surface area contributed by atoms with Gasteiger partial charge in [-0.05, 0) is 42.2 Å². The predicted octanol–water partition coefficient (Wildman–Crippen LogP) is 3.75. The molecule has 1 saturated heterocycles. The van der Waals surface area contributed by atoms with Crippen LogP contribution in [-0.4, -0.2) is 36.1 Å². The molecular weight excluding hydrogens is 346 g/mol. The molecule has 0 aliphatic carbocycles. The quantitative estimate of drug-likeness (QED) is 0.804.